The zero-order valence-corrected chi connectivity index (χ0v) is 13.1. The number of hydrogen-bond donors (Lipinski definition) is 1. The average molecular weight is 309 g/mol. The van der Waals surface area contributed by atoms with Crippen LogP contribution in [0.25, 0.3) is 22.8 Å². The summed E-state index contributed by atoms with van der Waals surface area (Å²) in [5.41, 5.74) is 2.86. The van der Waals surface area contributed by atoms with Crippen LogP contribution >= 0.6 is 0 Å². The highest BCUT2D eigenvalue weighted by molar-refractivity contribution is 5.65. The van der Waals surface area contributed by atoms with Crippen molar-refractivity contribution in [1.82, 2.24) is 25.0 Å². The van der Waals surface area contributed by atoms with Gasteiger partial charge in [0.2, 0.25) is 0 Å². The van der Waals surface area contributed by atoms with Gasteiger partial charge < -0.3 is 9.30 Å². The Hall–Kier alpha value is -2.63. The molecule has 118 valence electrons. The van der Waals surface area contributed by atoms with Crippen molar-refractivity contribution in [1.29, 1.82) is 0 Å². The summed E-state index contributed by atoms with van der Waals surface area (Å²) in [6.07, 6.45) is 4.63. The first-order valence-electron chi connectivity index (χ1n) is 7.97. The second kappa shape index (κ2) is 5.87. The van der Waals surface area contributed by atoms with Gasteiger partial charge >= 0.3 is 0 Å². The van der Waals surface area contributed by atoms with E-state index in [1.165, 1.54) is 19.3 Å². The first kappa shape index (κ1) is 14.0. The summed E-state index contributed by atoms with van der Waals surface area (Å²) in [4.78, 5) is 0. The molecule has 3 aromatic rings. The minimum atomic E-state index is 0.840. The van der Waals surface area contributed by atoms with E-state index in [4.69, 9.17) is 4.74 Å². The van der Waals surface area contributed by atoms with Crippen molar-refractivity contribution in [2.75, 3.05) is 7.11 Å². The van der Waals surface area contributed by atoms with Gasteiger partial charge in [-0.3, -0.25) is 5.10 Å². The number of fused-ring (bicyclic) bond motifs is 1. The number of benzene rings is 1. The number of nitrogens with zero attached hydrogens (tertiary/aromatic N) is 4. The molecule has 1 aromatic carbocycles. The lowest BCUT2D eigenvalue weighted by Crippen LogP contribution is -2.03. The fraction of sp³-hybridized carbons (Fsp3) is 0.353. The van der Waals surface area contributed by atoms with Crippen LogP contribution in [0.4, 0.5) is 0 Å². The fourth-order valence-corrected chi connectivity index (χ4v) is 3.03. The summed E-state index contributed by atoms with van der Waals surface area (Å²) in [6.45, 7) is 0.981. The predicted molar refractivity (Wildman–Crippen MR) is 87.1 cm³/mol. The van der Waals surface area contributed by atoms with E-state index in [1.807, 2.05) is 30.3 Å². The predicted octanol–water partition coefficient (Wildman–Crippen LogP) is 3.07. The van der Waals surface area contributed by atoms with Gasteiger partial charge in [-0.05, 0) is 43.2 Å². The lowest BCUT2D eigenvalue weighted by Gasteiger charge is -2.04. The van der Waals surface area contributed by atoms with Crippen LogP contribution in [0, 0.1) is 0 Å². The summed E-state index contributed by atoms with van der Waals surface area (Å²) in [6, 6.07) is 9.91. The summed E-state index contributed by atoms with van der Waals surface area (Å²) in [7, 11) is 1.67. The number of aromatic nitrogens is 5. The van der Waals surface area contributed by atoms with E-state index >= 15 is 0 Å². The SMILES string of the molecule is COc1ccc(-c2cc(-c3nnc4n3CCCCC4)[nH]n2)cc1. The Morgan fingerprint density at radius 1 is 1.09 bits per heavy atom. The molecule has 6 nitrogen and oxygen atoms in total. The van der Waals surface area contributed by atoms with Gasteiger partial charge in [0, 0.05) is 18.5 Å². The number of hydrogen-bond acceptors (Lipinski definition) is 4. The maximum Gasteiger partial charge on any atom is 0.182 e. The molecule has 1 aliphatic heterocycles. The number of aromatic amines is 1. The second-order valence-electron chi connectivity index (χ2n) is 5.80. The zero-order valence-electron chi connectivity index (χ0n) is 13.1. The Morgan fingerprint density at radius 3 is 2.78 bits per heavy atom. The number of methoxy groups -OCH3 is 1. The third-order valence-corrected chi connectivity index (χ3v) is 4.31. The Kier molecular flexibility index (Phi) is 3.57. The van der Waals surface area contributed by atoms with Gasteiger partial charge in [0.15, 0.2) is 5.82 Å². The molecule has 0 atom stereocenters. The summed E-state index contributed by atoms with van der Waals surface area (Å²) < 4.78 is 7.41. The number of ether oxygens (including phenoxy) is 1. The Bertz CT molecular complexity index is 803. The molecule has 4 rings (SSSR count). The van der Waals surface area contributed by atoms with E-state index in [-0.39, 0.29) is 0 Å². The second-order valence-corrected chi connectivity index (χ2v) is 5.80. The van der Waals surface area contributed by atoms with Gasteiger partial charge in [-0.2, -0.15) is 5.10 Å². The van der Waals surface area contributed by atoms with Crippen LogP contribution in [0.1, 0.15) is 25.1 Å². The van der Waals surface area contributed by atoms with E-state index in [2.05, 4.69) is 25.0 Å². The van der Waals surface area contributed by atoms with Crippen molar-refractivity contribution < 1.29 is 4.74 Å². The molecule has 0 radical (unpaired) electrons. The zero-order chi connectivity index (χ0) is 15.6. The highest BCUT2D eigenvalue weighted by atomic mass is 16.5. The van der Waals surface area contributed by atoms with Crippen LogP contribution in [0.2, 0.25) is 0 Å². The number of nitrogens with one attached hydrogen (secondary N) is 1. The molecule has 0 saturated heterocycles. The maximum atomic E-state index is 5.19. The van der Waals surface area contributed by atoms with Crippen molar-refractivity contribution in [3.63, 3.8) is 0 Å². The van der Waals surface area contributed by atoms with Crippen molar-refractivity contribution >= 4 is 0 Å². The topological polar surface area (TPSA) is 68.6 Å². The molecule has 0 amide bonds. The van der Waals surface area contributed by atoms with Gasteiger partial charge in [0.05, 0.1) is 12.8 Å². The first-order valence-corrected chi connectivity index (χ1v) is 7.97. The molecule has 2 aromatic heterocycles. The molecular formula is C17H19N5O. The number of rotatable bonds is 3. The highest BCUT2D eigenvalue weighted by Crippen LogP contribution is 2.26. The van der Waals surface area contributed by atoms with E-state index in [1.54, 1.807) is 7.11 Å². The largest absolute Gasteiger partial charge is 0.497 e. The van der Waals surface area contributed by atoms with Crippen LogP contribution in [0.3, 0.4) is 0 Å². The van der Waals surface area contributed by atoms with E-state index < -0.39 is 0 Å². The molecule has 0 spiro atoms. The lowest BCUT2D eigenvalue weighted by molar-refractivity contribution is 0.415. The van der Waals surface area contributed by atoms with Crippen LogP contribution in [-0.2, 0) is 13.0 Å². The van der Waals surface area contributed by atoms with Crippen LogP contribution in [-0.4, -0.2) is 32.1 Å². The third kappa shape index (κ3) is 2.60. The molecule has 6 heteroatoms. The minimum Gasteiger partial charge on any atom is -0.497 e. The fourth-order valence-electron chi connectivity index (χ4n) is 3.03. The van der Waals surface area contributed by atoms with Crippen molar-refractivity contribution in [2.24, 2.45) is 0 Å². The van der Waals surface area contributed by atoms with Crippen molar-refractivity contribution in [2.45, 2.75) is 32.2 Å². The molecule has 0 saturated carbocycles. The summed E-state index contributed by atoms with van der Waals surface area (Å²) in [5.74, 6) is 2.81. The number of H-pyrrole nitrogens is 1. The molecule has 0 aliphatic carbocycles. The Labute approximate surface area is 134 Å². The van der Waals surface area contributed by atoms with Crippen LogP contribution in [0.5, 0.6) is 5.75 Å². The van der Waals surface area contributed by atoms with Gasteiger partial charge in [0.1, 0.15) is 17.3 Å². The van der Waals surface area contributed by atoms with Crippen molar-refractivity contribution in [3.05, 3.63) is 36.2 Å². The molecule has 1 N–H and O–H groups in total. The quantitative estimate of drug-likeness (QED) is 0.807. The van der Waals surface area contributed by atoms with Gasteiger partial charge in [-0.1, -0.05) is 6.42 Å². The molecule has 3 heterocycles. The molecular weight excluding hydrogens is 290 g/mol. The number of aryl methyl sites for hydroxylation is 1. The smallest absolute Gasteiger partial charge is 0.182 e. The highest BCUT2D eigenvalue weighted by Gasteiger charge is 2.17. The molecule has 23 heavy (non-hydrogen) atoms. The van der Waals surface area contributed by atoms with E-state index in [0.717, 1.165) is 47.3 Å². The normalized spacial score (nSPS) is 14.3. The summed E-state index contributed by atoms with van der Waals surface area (Å²) in [5, 5.41) is 16.2. The minimum absolute atomic E-state index is 0.840. The van der Waals surface area contributed by atoms with E-state index in [0.29, 0.717) is 0 Å². The monoisotopic (exact) mass is 309 g/mol. The van der Waals surface area contributed by atoms with Gasteiger partial charge in [-0.15, -0.1) is 10.2 Å². The Morgan fingerprint density at radius 2 is 1.96 bits per heavy atom. The molecule has 1 aliphatic rings. The first-order chi connectivity index (χ1) is 11.3. The Balaban J connectivity index is 1.66. The maximum absolute atomic E-state index is 5.19. The van der Waals surface area contributed by atoms with Crippen LogP contribution in [0.15, 0.2) is 30.3 Å². The van der Waals surface area contributed by atoms with Crippen LogP contribution < -0.4 is 4.74 Å². The van der Waals surface area contributed by atoms with Gasteiger partial charge in [0.25, 0.3) is 0 Å². The van der Waals surface area contributed by atoms with Gasteiger partial charge in [-0.25, -0.2) is 0 Å². The molecule has 0 bridgehead atoms. The molecule has 0 unspecified atom stereocenters. The van der Waals surface area contributed by atoms with Crippen molar-refractivity contribution in [3.8, 4) is 28.5 Å². The van der Waals surface area contributed by atoms with E-state index in [9.17, 15) is 0 Å². The average Bonchev–Trinajstić information content (AvgIpc) is 3.16. The third-order valence-electron chi connectivity index (χ3n) is 4.31. The summed E-state index contributed by atoms with van der Waals surface area (Å²) >= 11 is 0. The lowest BCUT2D eigenvalue weighted by atomic mass is 10.1. The molecule has 0 fully saturated rings. The standard InChI is InChI=1S/C17H19N5O/c1-23-13-8-6-12(7-9-13)14-11-15(19-18-14)17-21-20-16-5-3-2-4-10-22(16)17/h6-9,11H,2-5,10H2,1H3,(H,18,19).